The summed E-state index contributed by atoms with van der Waals surface area (Å²) in [6, 6.07) is 2.67. The van der Waals surface area contributed by atoms with Crippen molar-refractivity contribution in [1.82, 2.24) is 10.6 Å². The number of hydrogen-bond donors (Lipinski definition) is 3. The van der Waals surface area contributed by atoms with Gasteiger partial charge in [0.15, 0.2) is 0 Å². The van der Waals surface area contributed by atoms with Gasteiger partial charge >= 0.3 is 12.0 Å². The molecule has 1 atom stereocenters. The van der Waals surface area contributed by atoms with E-state index in [-0.39, 0.29) is 24.4 Å². The number of carbonyl (C=O) groups is 2. The molecule has 0 aromatic carbocycles. The lowest BCUT2D eigenvalue weighted by Crippen LogP contribution is -2.40. The highest BCUT2D eigenvalue weighted by atomic mass is 16.4. The summed E-state index contributed by atoms with van der Waals surface area (Å²) in [5.74, 6) is -0.855. The minimum atomic E-state index is -1.12. The van der Waals surface area contributed by atoms with Crippen LogP contribution < -0.4 is 10.6 Å². The molecule has 0 fully saturated rings. The number of aromatic carboxylic acids is 1. The van der Waals surface area contributed by atoms with Gasteiger partial charge in [-0.2, -0.15) is 0 Å². The van der Waals surface area contributed by atoms with Gasteiger partial charge in [0.2, 0.25) is 5.76 Å². The van der Waals surface area contributed by atoms with Crippen molar-refractivity contribution >= 4 is 12.0 Å². The number of rotatable bonds is 5. The van der Waals surface area contributed by atoms with Gasteiger partial charge in [0.25, 0.3) is 0 Å². The van der Waals surface area contributed by atoms with Gasteiger partial charge in [0.05, 0.1) is 6.54 Å². The second-order valence-electron chi connectivity index (χ2n) is 3.71. The van der Waals surface area contributed by atoms with Gasteiger partial charge in [-0.05, 0) is 25.5 Å². The second-order valence-corrected chi connectivity index (χ2v) is 3.71. The van der Waals surface area contributed by atoms with Crippen LogP contribution in [-0.2, 0) is 6.54 Å². The Balaban J connectivity index is 2.39. The van der Waals surface area contributed by atoms with E-state index in [9.17, 15) is 9.59 Å². The number of urea groups is 1. The highest BCUT2D eigenvalue weighted by Crippen LogP contribution is 2.07. The highest BCUT2D eigenvalue weighted by Gasteiger charge is 2.10. The lowest BCUT2D eigenvalue weighted by atomic mass is 10.3. The fraction of sp³-hybridized carbons (Fsp3) is 0.455. The average Bonchev–Trinajstić information content (AvgIpc) is 2.75. The van der Waals surface area contributed by atoms with Crippen molar-refractivity contribution in [2.45, 2.75) is 32.9 Å². The number of amides is 2. The molecule has 1 aromatic heterocycles. The predicted octanol–water partition coefficient (Wildman–Crippen LogP) is 1.58. The molecule has 6 nitrogen and oxygen atoms in total. The van der Waals surface area contributed by atoms with Crippen LogP contribution in [0.1, 0.15) is 36.6 Å². The van der Waals surface area contributed by atoms with Crippen LogP contribution in [0.2, 0.25) is 0 Å². The first kappa shape index (κ1) is 13.1. The van der Waals surface area contributed by atoms with E-state index >= 15 is 0 Å². The van der Waals surface area contributed by atoms with Crippen LogP contribution >= 0.6 is 0 Å². The number of hydrogen-bond acceptors (Lipinski definition) is 3. The molecule has 0 saturated heterocycles. The molecular weight excluding hydrogens is 224 g/mol. The molecule has 17 heavy (non-hydrogen) atoms. The summed E-state index contributed by atoms with van der Waals surface area (Å²) in [4.78, 5) is 21.9. The van der Waals surface area contributed by atoms with E-state index in [1.807, 2.05) is 13.8 Å². The molecule has 0 aliphatic heterocycles. The molecular formula is C11H16N2O4. The Morgan fingerprint density at radius 1 is 1.47 bits per heavy atom. The van der Waals surface area contributed by atoms with Crippen LogP contribution in [0.4, 0.5) is 4.79 Å². The lowest BCUT2D eigenvalue weighted by molar-refractivity contribution is 0.0660. The maximum atomic E-state index is 11.3. The summed E-state index contributed by atoms with van der Waals surface area (Å²) < 4.78 is 4.98. The average molecular weight is 240 g/mol. The van der Waals surface area contributed by atoms with Crippen LogP contribution in [-0.4, -0.2) is 23.1 Å². The van der Waals surface area contributed by atoms with Crippen molar-refractivity contribution in [3.8, 4) is 0 Å². The SMILES string of the molecule is CCC(C)NC(=O)NCc1ccc(C(=O)O)o1. The molecule has 1 rings (SSSR count). The largest absolute Gasteiger partial charge is 0.475 e. The molecule has 3 N–H and O–H groups in total. The Kier molecular flexibility index (Phi) is 4.56. The Morgan fingerprint density at radius 2 is 2.18 bits per heavy atom. The van der Waals surface area contributed by atoms with Gasteiger partial charge < -0.3 is 20.2 Å². The van der Waals surface area contributed by atoms with Crippen molar-refractivity contribution in [1.29, 1.82) is 0 Å². The molecule has 94 valence electrons. The van der Waals surface area contributed by atoms with E-state index in [0.717, 1.165) is 6.42 Å². The fourth-order valence-electron chi connectivity index (χ4n) is 1.13. The Hall–Kier alpha value is -1.98. The second kappa shape index (κ2) is 5.93. The number of furan rings is 1. The molecule has 0 bridgehead atoms. The normalized spacial score (nSPS) is 11.9. The molecule has 1 aromatic rings. The smallest absolute Gasteiger partial charge is 0.371 e. The standard InChI is InChI=1S/C11H16N2O4/c1-3-7(2)13-11(16)12-6-8-4-5-9(17-8)10(14)15/h4-5,7H,3,6H2,1-2H3,(H,14,15)(H2,12,13,16). The van der Waals surface area contributed by atoms with E-state index < -0.39 is 5.97 Å². The highest BCUT2D eigenvalue weighted by molar-refractivity contribution is 5.84. The van der Waals surface area contributed by atoms with E-state index in [2.05, 4.69) is 10.6 Å². The third kappa shape index (κ3) is 4.18. The zero-order valence-electron chi connectivity index (χ0n) is 9.82. The van der Waals surface area contributed by atoms with Crippen molar-refractivity contribution in [2.75, 3.05) is 0 Å². The molecule has 0 radical (unpaired) electrons. The molecule has 1 unspecified atom stereocenters. The zero-order chi connectivity index (χ0) is 12.8. The quantitative estimate of drug-likeness (QED) is 0.728. The predicted molar refractivity (Wildman–Crippen MR) is 60.8 cm³/mol. The number of carboxylic acids is 1. The van der Waals surface area contributed by atoms with Gasteiger partial charge in [-0.15, -0.1) is 0 Å². The minimum absolute atomic E-state index is 0.0983. The van der Waals surface area contributed by atoms with Crippen LogP contribution in [0.3, 0.4) is 0 Å². The molecule has 0 spiro atoms. The summed E-state index contributed by atoms with van der Waals surface area (Å²) in [7, 11) is 0. The molecule has 0 aliphatic carbocycles. The van der Waals surface area contributed by atoms with Crippen molar-refractivity contribution in [3.05, 3.63) is 23.7 Å². The van der Waals surface area contributed by atoms with E-state index in [1.54, 1.807) is 0 Å². The number of carbonyl (C=O) groups excluding carboxylic acids is 1. The molecule has 6 heteroatoms. The maximum Gasteiger partial charge on any atom is 0.371 e. The summed E-state index contributed by atoms with van der Waals surface area (Å²) >= 11 is 0. The van der Waals surface area contributed by atoms with Crippen LogP contribution in [0.25, 0.3) is 0 Å². The first-order valence-corrected chi connectivity index (χ1v) is 5.39. The van der Waals surface area contributed by atoms with Crippen LogP contribution in [0.15, 0.2) is 16.5 Å². The van der Waals surface area contributed by atoms with E-state index in [1.165, 1.54) is 12.1 Å². The first-order chi connectivity index (χ1) is 8.02. The Morgan fingerprint density at radius 3 is 2.71 bits per heavy atom. The fourth-order valence-corrected chi connectivity index (χ4v) is 1.13. The summed E-state index contributed by atoms with van der Waals surface area (Å²) in [5.41, 5.74) is 0. The van der Waals surface area contributed by atoms with Gasteiger partial charge in [-0.25, -0.2) is 9.59 Å². The lowest BCUT2D eigenvalue weighted by Gasteiger charge is -2.11. The van der Waals surface area contributed by atoms with E-state index in [4.69, 9.17) is 9.52 Å². The van der Waals surface area contributed by atoms with Crippen LogP contribution in [0.5, 0.6) is 0 Å². The van der Waals surface area contributed by atoms with Crippen LogP contribution in [0, 0.1) is 0 Å². The molecule has 0 aliphatic rings. The van der Waals surface area contributed by atoms with Gasteiger partial charge in [0, 0.05) is 6.04 Å². The third-order valence-corrected chi connectivity index (χ3v) is 2.29. The van der Waals surface area contributed by atoms with Crippen molar-refractivity contribution in [3.63, 3.8) is 0 Å². The molecule has 2 amide bonds. The summed E-state index contributed by atoms with van der Waals surface area (Å²) in [6.45, 7) is 4.03. The van der Waals surface area contributed by atoms with Gasteiger partial charge in [-0.3, -0.25) is 0 Å². The Labute approximate surface area is 99.0 Å². The molecule has 1 heterocycles. The van der Waals surface area contributed by atoms with Crippen molar-refractivity contribution < 1.29 is 19.1 Å². The number of nitrogens with one attached hydrogen (secondary N) is 2. The third-order valence-electron chi connectivity index (χ3n) is 2.29. The summed E-state index contributed by atoms with van der Waals surface area (Å²) in [5, 5.41) is 13.9. The summed E-state index contributed by atoms with van der Waals surface area (Å²) in [6.07, 6.45) is 0.845. The van der Waals surface area contributed by atoms with Crippen molar-refractivity contribution in [2.24, 2.45) is 0 Å². The van der Waals surface area contributed by atoms with Gasteiger partial charge in [-0.1, -0.05) is 6.92 Å². The monoisotopic (exact) mass is 240 g/mol. The maximum absolute atomic E-state index is 11.3. The first-order valence-electron chi connectivity index (χ1n) is 5.39. The minimum Gasteiger partial charge on any atom is -0.475 e. The molecule has 0 saturated carbocycles. The number of carboxylic acid groups (broad SMARTS) is 1. The topological polar surface area (TPSA) is 91.6 Å². The van der Waals surface area contributed by atoms with E-state index in [0.29, 0.717) is 5.76 Å². The Bertz CT molecular complexity index is 400. The van der Waals surface area contributed by atoms with Gasteiger partial charge in [0.1, 0.15) is 5.76 Å². The zero-order valence-corrected chi connectivity index (χ0v) is 9.82.